The lowest BCUT2D eigenvalue weighted by atomic mass is 10.3. The summed E-state index contributed by atoms with van der Waals surface area (Å²) in [5, 5.41) is 8.08. The number of nitrogens with one attached hydrogen (secondary N) is 1. The third-order valence-corrected chi connectivity index (χ3v) is 0.799. The van der Waals surface area contributed by atoms with Crippen LogP contribution < -0.4 is 5.48 Å². The van der Waals surface area contributed by atoms with Crippen LogP contribution in [0.4, 0.5) is 0 Å². The predicted molar refractivity (Wildman–Crippen MR) is 31.1 cm³/mol. The Morgan fingerprint density at radius 1 is 1.62 bits per heavy atom. The maximum Gasteiger partial charge on any atom is 0.163 e. The van der Waals surface area contributed by atoms with E-state index in [0.717, 1.165) is 19.4 Å². The van der Waals surface area contributed by atoms with E-state index >= 15 is 0 Å². The summed E-state index contributed by atoms with van der Waals surface area (Å²) in [7, 11) is 0. The predicted octanol–water partition coefficient (Wildman–Crippen LogP) is 0.257. The first-order chi connectivity index (χ1) is 3.91. The van der Waals surface area contributed by atoms with Gasteiger partial charge in [-0.25, -0.2) is 0 Å². The molecule has 8 heavy (non-hydrogen) atoms. The van der Waals surface area contributed by atoms with Crippen LogP contribution in [0.5, 0.6) is 0 Å². The Morgan fingerprint density at radius 3 is 2.88 bits per heavy atom. The van der Waals surface area contributed by atoms with E-state index in [-0.39, 0.29) is 6.79 Å². The second-order valence-corrected chi connectivity index (χ2v) is 1.52. The molecule has 0 aromatic carbocycles. The molecule has 0 aromatic rings. The smallest absolute Gasteiger partial charge is 0.163 e. The molecule has 50 valence electrons. The van der Waals surface area contributed by atoms with Crippen molar-refractivity contribution in [3.8, 4) is 0 Å². The van der Waals surface area contributed by atoms with Crippen LogP contribution in [0, 0.1) is 0 Å². The number of rotatable bonds is 5. The molecule has 0 unspecified atom stereocenters. The van der Waals surface area contributed by atoms with Gasteiger partial charge < -0.3 is 5.11 Å². The molecule has 0 rings (SSSR count). The van der Waals surface area contributed by atoms with Gasteiger partial charge in [-0.15, -0.1) is 0 Å². The topological polar surface area (TPSA) is 41.5 Å². The van der Waals surface area contributed by atoms with Gasteiger partial charge in [0, 0.05) is 6.54 Å². The van der Waals surface area contributed by atoms with Crippen LogP contribution in [0.3, 0.4) is 0 Å². The molecular weight excluding hydrogens is 106 g/mol. The maximum absolute atomic E-state index is 8.08. The molecule has 3 heteroatoms. The van der Waals surface area contributed by atoms with Crippen molar-refractivity contribution in [2.75, 3.05) is 13.3 Å². The Balaban J connectivity index is 2.53. The zero-order chi connectivity index (χ0) is 6.24. The standard InChI is InChI=1S/C5H13NO2/c1-2-3-4-6-8-5-7/h6-7H,2-5H2,1H3. The van der Waals surface area contributed by atoms with Crippen LogP contribution in [-0.2, 0) is 4.84 Å². The maximum atomic E-state index is 8.08. The van der Waals surface area contributed by atoms with Crippen LogP contribution in [0.2, 0.25) is 0 Å². The lowest BCUT2D eigenvalue weighted by Gasteiger charge is -1.98. The molecule has 0 spiro atoms. The van der Waals surface area contributed by atoms with Crippen molar-refractivity contribution in [2.24, 2.45) is 0 Å². The van der Waals surface area contributed by atoms with Crippen molar-refractivity contribution in [3.63, 3.8) is 0 Å². The second-order valence-electron chi connectivity index (χ2n) is 1.52. The van der Waals surface area contributed by atoms with Gasteiger partial charge in [-0.05, 0) is 6.42 Å². The zero-order valence-electron chi connectivity index (χ0n) is 5.18. The van der Waals surface area contributed by atoms with E-state index in [9.17, 15) is 0 Å². The molecule has 0 saturated heterocycles. The molecular formula is C5H13NO2. The molecule has 0 aliphatic carbocycles. The first-order valence-corrected chi connectivity index (χ1v) is 2.87. The Labute approximate surface area is 49.6 Å². The molecule has 0 amide bonds. The van der Waals surface area contributed by atoms with Crippen molar-refractivity contribution in [1.82, 2.24) is 5.48 Å². The highest BCUT2D eigenvalue weighted by Gasteiger charge is 1.80. The molecule has 0 saturated carbocycles. The van der Waals surface area contributed by atoms with E-state index in [2.05, 4.69) is 17.2 Å². The lowest BCUT2D eigenvalue weighted by Crippen LogP contribution is -2.15. The van der Waals surface area contributed by atoms with Gasteiger partial charge in [-0.3, -0.25) is 4.84 Å². The number of hydrogen-bond donors (Lipinski definition) is 2. The number of aliphatic hydroxyl groups is 1. The van der Waals surface area contributed by atoms with Gasteiger partial charge >= 0.3 is 0 Å². The molecule has 0 aliphatic heterocycles. The van der Waals surface area contributed by atoms with Crippen molar-refractivity contribution < 1.29 is 9.94 Å². The van der Waals surface area contributed by atoms with Gasteiger partial charge in [-0.1, -0.05) is 13.3 Å². The molecule has 2 N–H and O–H groups in total. The third kappa shape index (κ3) is 5.88. The van der Waals surface area contributed by atoms with Crippen molar-refractivity contribution >= 4 is 0 Å². The summed E-state index contributed by atoms with van der Waals surface area (Å²) in [6.45, 7) is 2.67. The molecule has 0 fully saturated rings. The molecule has 0 atom stereocenters. The van der Waals surface area contributed by atoms with E-state index in [1.54, 1.807) is 0 Å². The highest BCUT2D eigenvalue weighted by molar-refractivity contribution is 4.32. The normalized spacial score (nSPS) is 9.75. The average molecular weight is 119 g/mol. The number of hydroxylamine groups is 1. The molecule has 0 radical (unpaired) electrons. The summed E-state index contributed by atoms with van der Waals surface area (Å²) >= 11 is 0. The summed E-state index contributed by atoms with van der Waals surface area (Å²) in [4.78, 5) is 4.44. The fraction of sp³-hybridized carbons (Fsp3) is 1.00. The number of aliphatic hydroxyl groups excluding tert-OH is 1. The van der Waals surface area contributed by atoms with Gasteiger partial charge in [0.05, 0.1) is 0 Å². The fourth-order valence-corrected chi connectivity index (χ4v) is 0.367. The van der Waals surface area contributed by atoms with Gasteiger partial charge in [0.1, 0.15) is 0 Å². The highest BCUT2D eigenvalue weighted by atomic mass is 16.7. The van der Waals surface area contributed by atoms with Gasteiger partial charge in [0.25, 0.3) is 0 Å². The fourth-order valence-electron chi connectivity index (χ4n) is 0.367. The quantitative estimate of drug-likeness (QED) is 0.310. The minimum Gasteiger partial charge on any atom is -0.369 e. The van der Waals surface area contributed by atoms with Crippen LogP contribution >= 0.6 is 0 Å². The Morgan fingerprint density at radius 2 is 2.38 bits per heavy atom. The van der Waals surface area contributed by atoms with Gasteiger partial charge in [-0.2, -0.15) is 5.48 Å². The summed E-state index contributed by atoms with van der Waals surface area (Å²) in [5.74, 6) is 0. The monoisotopic (exact) mass is 119 g/mol. The minimum atomic E-state index is -0.246. The van der Waals surface area contributed by atoms with Crippen molar-refractivity contribution in [1.29, 1.82) is 0 Å². The van der Waals surface area contributed by atoms with E-state index < -0.39 is 0 Å². The van der Waals surface area contributed by atoms with Crippen LogP contribution in [0.15, 0.2) is 0 Å². The lowest BCUT2D eigenvalue weighted by molar-refractivity contribution is -0.0609. The Kier molecular flexibility index (Phi) is 6.78. The second kappa shape index (κ2) is 6.88. The molecule has 3 nitrogen and oxygen atoms in total. The van der Waals surface area contributed by atoms with E-state index in [0.29, 0.717) is 0 Å². The van der Waals surface area contributed by atoms with Crippen LogP contribution in [0.1, 0.15) is 19.8 Å². The largest absolute Gasteiger partial charge is 0.369 e. The van der Waals surface area contributed by atoms with E-state index in [4.69, 9.17) is 5.11 Å². The minimum absolute atomic E-state index is 0.246. The zero-order valence-corrected chi connectivity index (χ0v) is 5.18. The van der Waals surface area contributed by atoms with Gasteiger partial charge in [0.15, 0.2) is 6.79 Å². The number of hydrogen-bond acceptors (Lipinski definition) is 3. The van der Waals surface area contributed by atoms with E-state index in [1.165, 1.54) is 0 Å². The van der Waals surface area contributed by atoms with E-state index in [1.807, 2.05) is 0 Å². The van der Waals surface area contributed by atoms with Crippen molar-refractivity contribution in [2.45, 2.75) is 19.8 Å². The molecule has 0 heterocycles. The molecule has 0 aromatic heterocycles. The average Bonchev–Trinajstić information content (AvgIpc) is 1.81. The summed E-state index contributed by atoms with van der Waals surface area (Å²) < 4.78 is 0. The van der Waals surface area contributed by atoms with Crippen LogP contribution in [0.25, 0.3) is 0 Å². The van der Waals surface area contributed by atoms with Crippen molar-refractivity contribution in [3.05, 3.63) is 0 Å². The first-order valence-electron chi connectivity index (χ1n) is 2.87. The van der Waals surface area contributed by atoms with Gasteiger partial charge in [0.2, 0.25) is 0 Å². The third-order valence-electron chi connectivity index (χ3n) is 0.799. The highest BCUT2D eigenvalue weighted by Crippen LogP contribution is 1.80. The summed E-state index contributed by atoms with van der Waals surface area (Å²) in [6, 6.07) is 0. The molecule has 0 bridgehead atoms. The summed E-state index contributed by atoms with van der Waals surface area (Å²) in [5.41, 5.74) is 2.59. The number of unbranched alkanes of at least 4 members (excludes halogenated alkanes) is 1. The Hall–Kier alpha value is -0.120. The Bertz CT molecular complexity index is 35.4. The summed E-state index contributed by atoms with van der Waals surface area (Å²) in [6.07, 6.45) is 2.22. The first kappa shape index (κ1) is 7.88. The van der Waals surface area contributed by atoms with Crippen LogP contribution in [-0.4, -0.2) is 18.4 Å². The SMILES string of the molecule is CCCCNOCO. The molecule has 0 aliphatic rings.